The fourth-order valence-corrected chi connectivity index (χ4v) is 1.19. The maximum Gasteiger partial charge on any atom is 0.154 e. The topological polar surface area (TPSA) is 29.4 Å². The van der Waals surface area contributed by atoms with E-state index in [1.165, 1.54) is 6.92 Å². The first-order valence-electron chi connectivity index (χ1n) is 5.77. The molecule has 0 aromatic carbocycles. The van der Waals surface area contributed by atoms with E-state index in [0.29, 0.717) is 5.70 Å². The Morgan fingerprint density at radius 1 is 1.35 bits per heavy atom. The van der Waals surface area contributed by atoms with Gasteiger partial charge in [0, 0.05) is 11.8 Å². The predicted molar refractivity (Wildman–Crippen MR) is 75.3 cm³/mol. The molecule has 0 saturated heterocycles. The average Bonchev–Trinajstić information content (AvgIpc) is 2.27. The Balaban J connectivity index is 5.52. The van der Waals surface area contributed by atoms with E-state index in [1.54, 1.807) is 12.2 Å². The summed E-state index contributed by atoms with van der Waals surface area (Å²) in [5.41, 5.74) is 2.58. The molecule has 0 aliphatic heterocycles. The largest absolute Gasteiger partial charge is 0.295 e. The minimum atomic E-state index is -0.00730. The predicted octanol–water partition coefficient (Wildman–Crippen LogP) is 4.02. The number of nitrogens with zero attached hydrogens (tertiary/aromatic N) is 1. The Morgan fingerprint density at radius 3 is 2.41 bits per heavy atom. The monoisotopic (exact) mass is 231 g/mol. The molecule has 0 aliphatic carbocycles. The number of aliphatic imine (C=N–C) groups is 1. The van der Waals surface area contributed by atoms with Crippen molar-refractivity contribution in [1.29, 1.82) is 0 Å². The zero-order chi connectivity index (χ0) is 13.3. The van der Waals surface area contributed by atoms with Gasteiger partial charge in [0.1, 0.15) is 0 Å². The molecule has 92 valence electrons. The highest BCUT2D eigenvalue weighted by Gasteiger charge is 2.02. The highest BCUT2D eigenvalue weighted by molar-refractivity contribution is 5.90. The van der Waals surface area contributed by atoms with Crippen molar-refractivity contribution in [1.82, 2.24) is 0 Å². The number of carbonyl (C=O) groups is 1. The Bertz CT molecular complexity index is 395. The summed E-state index contributed by atoms with van der Waals surface area (Å²) in [7, 11) is 0. The van der Waals surface area contributed by atoms with Crippen molar-refractivity contribution in [3.8, 4) is 0 Å². The summed E-state index contributed by atoms with van der Waals surface area (Å²) in [6.45, 7) is 11.1. The van der Waals surface area contributed by atoms with Crippen LogP contribution in [0.5, 0.6) is 0 Å². The molecule has 0 aromatic heterocycles. The van der Waals surface area contributed by atoms with E-state index in [9.17, 15) is 4.79 Å². The number of allylic oxidation sites excluding steroid dienone is 5. The normalized spacial score (nSPS) is 14.2. The molecule has 0 aliphatic rings. The van der Waals surface area contributed by atoms with E-state index < -0.39 is 0 Å². The van der Waals surface area contributed by atoms with E-state index >= 15 is 0 Å². The molecular weight excluding hydrogens is 210 g/mol. The summed E-state index contributed by atoms with van der Waals surface area (Å²) in [5, 5.41) is 0. The van der Waals surface area contributed by atoms with E-state index in [-0.39, 0.29) is 5.78 Å². The van der Waals surface area contributed by atoms with Crippen molar-refractivity contribution >= 4 is 11.5 Å². The molecule has 0 fully saturated rings. The summed E-state index contributed by atoms with van der Waals surface area (Å²) in [4.78, 5) is 15.7. The third-order valence-corrected chi connectivity index (χ3v) is 2.10. The molecule has 2 nitrogen and oxygen atoms in total. The van der Waals surface area contributed by atoms with Gasteiger partial charge in [-0.3, -0.25) is 9.79 Å². The molecular formula is C15H21NO. The molecule has 0 rings (SSSR count). The van der Waals surface area contributed by atoms with Crippen LogP contribution in [-0.4, -0.2) is 11.5 Å². The summed E-state index contributed by atoms with van der Waals surface area (Å²) < 4.78 is 0. The first kappa shape index (κ1) is 15.3. The Hall–Kier alpha value is -1.70. The molecule has 17 heavy (non-hydrogen) atoms. The van der Waals surface area contributed by atoms with Gasteiger partial charge in [-0.05, 0) is 32.8 Å². The first-order valence-corrected chi connectivity index (χ1v) is 5.77. The highest BCUT2D eigenvalue weighted by atomic mass is 16.1. The Kier molecular flexibility index (Phi) is 7.61. The summed E-state index contributed by atoms with van der Waals surface area (Å²) in [6.07, 6.45) is 9.80. The van der Waals surface area contributed by atoms with Crippen molar-refractivity contribution in [3.63, 3.8) is 0 Å². The van der Waals surface area contributed by atoms with Gasteiger partial charge in [0.15, 0.2) is 5.78 Å². The number of rotatable bonds is 6. The lowest BCUT2D eigenvalue weighted by molar-refractivity contribution is -0.112. The molecule has 2 heteroatoms. The van der Waals surface area contributed by atoms with Crippen LogP contribution in [0.2, 0.25) is 0 Å². The van der Waals surface area contributed by atoms with E-state index in [0.717, 1.165) is 17.7 Å². The van der Waals surface area contributed by atoms with Crippen LogP contribution in [0.15, 0.2) is 53.2 Å². The van der Waals surface area contributed by atoms with Gasteiger partial charge in [-0.25, -0.2) is 0 Å². The smallest absolute Gasteiger partial charge is 0.154 e. The first-order chi connectivity index (χ1) is 8.04. The van der Waals surface area contributed by atoms with Crippen LogP contribution < -0.4 is 0 Å². The fourth-order valence-electron chi connectivity index (χ4n) is 1.19. The lowest BCUT2D eigenvalue weighted by Gasteiger charge is -2.04. The summed E-state index contributed by atoms with van der Waals surface area (Å²) in [6, 6.07) is 0. The van der Waals surface area contributed by atoms with Crippen LogP contribution in [0.3, 0.4) is 0 Å². The maximum atomic E-state index is 11.2. The molecule has 0 heterocycles. The third kappa shape index (κ3) is 6.46. The van der Waals surface area contributed by atoms with Gasteiger partial charge in [0.2, 0.25) is 0 Å². The summed E-state index contributed by atoms with van der Waals surface area (Å²) >= 11 is 0. The lowest BCUT2D eigenvalue weighted by Crippen LogP contribution is -1.95. The van der Waals surface area contributed by atoms with Gasteiger partial charge in [-0.15, -0.1) is 0 Å². The molecule has 0 spiro atoms. The molecule has 0 radical (unpaired) electrons. The van der Waals surface area contributed by atoms with Crippen molar-refractivity contribution in [3.05, 3.63) is 48.2 Å². The second kappa shape index (κ2) is 8.45. The van der Waals surface area contributed by atoms with Gasteiger partial charge in [-0.2, -0.15) is 0 Å². The van der Waals surface area contributed by atoms with Crippen molar-refractivity contribution in [2.75, 3.05) is 0 Å². The molecule has 0 atom stereocenters. The van der Waals surface area contributed by atoms with Gasteiger partial charge in [0.25, 0.3) is 0 Å². The number of hydrogen-bond donors (Lipinski definition) is 0. The van der Waals surface area contributed by atoms with Crippen molar-refractivity contribution in [2.45, 2.75) is 34.1 Å². The van der Waals surface area contributed by atoms with Crippen LogP contribution in [0.1, 0.15) is 34.1 Å². The number of hydrogen-bond acceptors (Lipinski definition) is 2. The van der Waals surface area contributed by atoms with Crippen LogP contribution >= 0.6 is 0 Å². The minimum Gasteiger partial charge on any atom is -0.295 e. The lowest BCUT2D eigenvalue weighted by atomic mass is 10.1. The van der Waals surface area contributed by atoms with Gasteiger partial charge >= 0.3 is 0 Å². The number of carbonyl (C=O) groups excluding carboxylic acids is 1. The number of ketones is 1. The van der Waals surface area contributed by atoms with Crippen LogP contribution in [0, 0.1) is 0 Å². The SMILES string of the molecule is C=C/C=C(\C=C/C)C(=C/C(C)=O)/N=C(C)CC. The summed E-state index contributed by atoms with van der Waals surface area (Å²) in [5.74, 6) is -0.00730. The third-order valence-electron chi connectivity index (χ3n) is 2.10. The molecule has 0 unspecified atom stereocenters. The van der Waals surface area contributed by atoms with E-state index in [2.05, 4.69) is 11.6 Å². The second-order valence-corrected chi connectivity index (χ2v) is 3.70. The second-order valence-electron chi connectivity index (χ2n) is 3.70. The zero-order valence-corrected chi connectivity index (χ0v) is 11.2. The van der Waals surface area contributed by atoms with Crippen LogP contribution in [0.4, 0.5) is 0 Å². The highest BCUT2D eigenvalue weighted by Crippen LogP contribution is 2.15. The van der Waals surface area contributed by atoms with Crippen LogP contribution in [0.25, 0.3) is 0 Å². The van der Waals surface area contributed by atoms with Crippen LogP contribution in [-0.2, 0) is 4.79 Å². The molecule has 0 N–H and O–H groups in total. The van der Waals surface area contributed by atoms with Crippen molar-refractivity contribution in [2.24, 2.45) is 4.99 Å². The molecule has 0 bridgehead atoms. The Morgan fingerprint density at radius 2 is 2.00 bits per heavy atom. The molecule has 0 saturated carbocycles. The van der Waals surface area contributed by atoms with Gasteiger partial charge < -0.3 is 0 Å². The fraction of sp³-hybridized carbons (Fsp3) is 0.333. The van der Waals surface area contributed by atoms with E-state index in [4.69, 9.17) is 0 Å². The quantitative estimate of drug-likeness (QED) is 0.385. The maximum absolute atomic E-state index is 11.2. The standard InChI is InChI=1S/C15H21NO/c1-6-9-14(10-7-2)15(11-13(5)17)16-12(4)8-3/h6-7,9-11H,1,8H2,2-5H3/b10-7-,14-9+,15-11-,16-12?. The van der Waals surface area contributed by atoms with Gasteiger partial charge in [0.05, 0.1) is 5.70 Å². The van der Waals surface area contributed by atoms with E-state index in [1.807, 2.05) is 39.0 Å². The van der Waals surface area contributed by atoms with Gasteiger partial charge in [-0.1, -0.05) is 37.8 Å². The minimum absolute atomic E-state index is 0.00730. The van der Waals surface area contributed by atoms with Crippen molar-refractivity contribution < 1.29 is 4.79 Å². The molecule has 0 amide bonds. The average molecular weight is 231 g/mol. The Labute approximate surface area is 104 Å². The molecule has 0 aromatic rings. The zero-order valence-electron chi connectivity index (χ0n) is 11.2.